The summed E-state index contributed by atoms with van der Waals surface area (Å²) in [5.74, 6) is -1.19. The zero-order valence-corrected chi connectivity index (χ0v) is 61.5. The number of ether oxygens (including phenoxy) is 1. The largest absolute Gasteiger partial charge is 0.416 e. The van der Waals surface area contributed by atoms with Crippen LogP contribution in [-0.2, 0) is 95.1 Å². The molecule has 0 atom stereocenters. The van der Waals surface area contributed by atoms with E-state index in [9.17, 15) is 71.9 Å². The Kier molecular flexibility index (Phi) is 23.9. The minimum atomic E-state index is -4.36. The summed E-state index contributed by atoms with van der Waals surface area (Å²) in [7, 11) is 3.70. The lowest BCUT2D eigenvalue weighted by molar-refractivity contribution is -0.139. The lowest BCUT2D eigenvalue weighted by Gasteiger charge is -2.33. The van der Waals surface area contributed by atoms with Gasteiger partial charge in [-0.2, -0.15) is 73.1 Å². The van der Waals surface area contributed by atoms with Gasteiger partial charge in [-0.1, -0.05) is 72.8 Å². The van der Waals surface area contributed by atoms with E-state index in [1.165, 1.54) is 24.3 Å². The van der Waals surface area contributed by atoms with Gasteiger partial charge in [0, 0.05) is 118 Å². The number of aromatic nitrogens is 8. The Bertz CT molecular complexity index is 4290. The van der Waals surface area contributed by atoms with Crippen molar-refractivity contribution in [2.45, 2.75) is 190 Å². The number of fused-ring (bicyclic) bond motifs is 4. The Hall–Kier alpha value is -9.28. The summed E-state index contributed by atoms with van der Waals surface area (Å²) in [6.45, 7) is 4.57. The molecule has 0 radical (unpaired) electrons. The first-order valence-corrected chi connectivity index (χ1v) is 38.2. The number of aromatic amines is 2. The van der Waals surface area contributed by atoms with E-state index in [2.05, 4.69) is 30.6 Å². The summed E-state index contributed by atoms with van der Waals surface area (Å²) >= 11 is 0. The highest BCUT2D eigenvalue weighted by Gasteiger charge is 2.42. The van der Waals surface area contributed by atoms with Crippen LogP contribution in [0.4, 0.5) is 52.7 Å². The number of benzene rings is 4. The first kappa shape index (κ1) is 78.8. The Balaban J connectivity index is 0.000000129. The molecule has 588 valence electrons. The summed E-state index contributed by atoms with van der Waals surface area (Å²) in [5, 5.41) is 23.3. The van der Waals surface area contributed by atoms with Gasteiger partial charge in [0.15, 0.2) is 22.8 Å². The maximum absolute atomic E-state index is 13.3. The van der Waals surface area contributed by atoms with E-state index in [0.29, 0.717) is 162 Å². The van der Waals surface area contributed by atoms with Crippen LogP contribution in [-0.4, -0.2) is 142 Å². The number of rotatable bonds is 8. The average molecular weight is 1540 g/mol. The zero-order chi connectivity index (χ0) is 77.8. The number of H-pyrrole nitrogens is 2. The average Bonchev–Trinajstić information content (AvgIpc) is 1.61. The number of nitrogens with one attached hydrogen (secondary N) is 2. The Morgan fingerprint density at radius 1 is 0.355 bits per heavy atom. The molecule has 16 rings (SSSR count). The number of piperidine rings is 4. The van der Waals surface area contributed by atoms with Crippen LogP contribution in [0.15, 0.2) is 97.1 Å². The molecule has 0 spiro atoms. The van der Waals surface area contributed by atoms with E-state index in [1.54, 1.807) is 72.8 Å². The SMILES string of the molecule is Cn1nc(C(=O)N2CCC(c3ccccc3C(F)(F)F)CC2)c2c1CCCC2.Cn1nc(C(=O)N2CCC(c3ccccc3C(F)(F)F)CC2)c2c1CCOC2.O=C(c1n[nH]c2c1CCCC2)N1CCC(c2ccccc2C(F)(F)F)CC1.O=C(c1n[nH]c2c1CCCC2)N1CCC(c2ccccc2C(F)(F)F)CC1. The molecule has 8 aliphatic rings. The molecule has 0 bridgehead atoms. The van der Waals surface area contributed by atoms with E-state index in [0.717, 1.165) is 153 Å². The summed E-state index contributed by atoms with van der Waals surface area (Å²) in [5.41, 5.74) is 9.26. The molecule has 4 aromatic carbocycles. The van der Waals surface area contributed by atoms with Crippen molar-refractivity contribution in [3.05, 3.63) is 209 Å². The van der Waals surface area contributed by atoms with Crippen molar-refractivity contribution in [2.24, 2.45) is 14.1 Å². The second-order valence-electron chi connectivity index (χ2n) is 29.9. The molecule has 2 N–H and O–H groups in total. The highest BCUT2D eigenvalue weighted by molar-refractivity contribution is 5.96. The lowest BCUT2D eigenvalue weighted by atomic mass is 9.86. The number of aryl methyl sites for hydroxylation is 4. The van der Waals surface area contributed by atoms with Gasteiger partial charge in [0.2, 0.25) is 0 Å². The van der Waals surface area contributed by atoms with Gasteiger partial charge in [-0.3, -0.25) is 38.7 Å². The predicted octanol–water partition coefficient (Wildman–Crippen LogP) is 16.5. The molecule has 29 heteroatoms. The monoisotopic (exact) mass is 1540 g/mol. The van der Waals surface area contributed by atoms with Crippen LogP contribution < -0.4 is 0 Å². The molecule has 8 aromatic rings. The number of carbonyl (C=O) groups excluding carboxylic acids is 4. The zero-order valence-electron chi connectivity index (χ0n) is 61.5. The van der Waals surface area contributed by atoms with Crippen LogP contribution in [0.2, 0.25) is 0 Å². The van der Waals surface area contributed by atoms with Gasteiger partial charge in [-0.25, -0.2) is 0 Å². The Labute approximate surface area is 629 Å². The lowest BCUT2D eigenvalue weighted by Crippen LogP contribution is -2.39. The molecular weight excluding hydrogens is 1450 g/mol. The van der Waals surface area contributed by atoms with Crippen molar-refractivity contribution in [2.75, 3.05) is 59.0 Å². The van der Waals surface area contributed by atoms with E-state index < -0.39 is 47.0 Å². The van der Waals surface area contributed by atoms with Crippen LogP contribution in [0.1, 0.15) is 245 Å². The summed E-state index contributed by atoms with van der Waals surface area (Å²) < 4.78 is 169. The van der Waals surface area contributed by atoms with Crippen LogP contribution >= 0.6 is 0 Å². The minimum Gasteiger partial charge on any atom is -0.376 e. The van der Waals surface area contributed by atoms with E-state index in [1.807, 2.05) is 18.8 Å². The number of hydrogen-bond donors (Lipinski definition) is 2. The van der Waals surface area contributed by atoms with Crippen LogP contribution in [0.5, 0.6) is 0 Å². The van der Waals surface area contributed by atoms with Gasteiger partial charge in [0.05, 0.1) is 35.5 Å². The molecule has 17 nitrogen and oxygen atoms in total. The quantitative estimate of drug-likeness (QED) is 0.140. The number of carbonyl (C=O) groups is 4. The molecule has 4 saturated heterocycles. The second-order valence-corrected chi connectivity index (χ2v) is 29.9. The Morgan fingerprint density at radius 3 is 0.955 bits per heavy atom. The molecule has 5 aliphatic heterocycles. The first-order valence-electron chi connectivity index (χ1n) is 38.2. The highest BCUT2D eigenvalue weighted by Crippen LogP contribution is 2.44. The van der Waals surface area contributed by atoms with Crippen molar-refractivity contribution in [1.29, 1.82) is 0 Å². The molecule has 110 heavy (non-hydrogen) atoms. The second kappa shape index (κ2) is 33.3. The van der Waals surface area contributed by atoms with Gasteiger partial charge in [0.1, 0.15) is 0 Å². The number of hydrogen-bond acceptors (Lipinski definition) is 9. The highest BCUT2D eigenvalue weighted by atomic mass is 19.4. The maximum atomic E-state index is 13.3. The van der Waals surface area contributed by atoms with E-state index >= 15 is 0 Å². The standard InChI is InChI=1S/C21H24F3N3O.C20H22F3N3O2.2C20H22F3N3O/c1-26-18-9-5-3-7-16(18)19(25-26)20(28)27-12-10-14(11-13-27)15-6-2-4-8-17(15)21(22,23)24;1-25-17-8-11-28-12-15(17)18(24-25)19(27)26-9-6-13(7-10-26)14-4-2-3-5-16(14)20(21,22)23;2*21-20(22,23)16-7-3-1-5-14(16)13-9-11-26(12-10-13)19(27)18-15-6-2-4-8-17(15)24-25-18/h2,4,6,8,14H,3,5,7,9-13H2,1H3;2-5,13H,6-12H2,1H3;2*1,3,5,7,13H,2,4,6,8-12H2,(H,24,25). The van der Waals surface area contributed by atoms with Gasteiger partial charge >= 0.3 is 24.7 Å². The molecule has 4 aromatic heterocycles. The molecule has 4 fully saturated rings. The van der Waals surface area contributed by atoms with Gasteiger partial charge in [-0.15, -0.1) is 0 Å². The molecule has 0 unspecified atom stereocenters. The molecule has 4 amide bonds. The number of alkyl halides is 12. The summed E-state index contributed by atoms with van der Waals surface area (Å²) in [6.07, 6.45) is -0.578. The topological polar surface area (TPSA) is 183 Å². The third-order valence-electron chi connectivity index (χ3n) is 23.2. The molecule has 0 saturated carbocycles. The maximum Gasteiger partial charge on any atom is 0.416 e. The molecule has 9 heterocycles. The van der Waals surface area contributed by atoms with Crippen molar-refractivity contribution < 1.29 is 76.6 Å². The summed E-state index contributed by atoms with van der Waals surface area (Å²) in [6, 6.07) is 23.1. The fourth-order valence-corrected chi connectivity index (χ4v) is 17.5. The number of likely N-dealkylation sites (tertiary alicyclic amines) is 4. The predicted molar refractivity (Wildman–Crippen MR) is 384 cm³/mol. The van der Waals surface area contributed by atoms with Crippen molar-refractivity contribution in [1.82, 2.24) is 59.6 Å². The van der Waals surface area contributed by atoms with Crippen molar-refractivity contribution in [3.63, 3.8) is 0 Å². The number of halogens is 12. The first-order chi connectivity index (χ1) is 52.6. The number of amides is 4. The van der Waals surface area contributed by atoms with Gasteiger partial charge in [-0.05, 0) is 199 Å². The molecular formula is C81H90F12N12O5. The smallest absolute Gasteiger partial charge is 0.376 e. The van der Waals surface area contributed by atoms with E-state index in [-0.39, 0.29) is 47.3 Å². The van der Waals surface area contributed by atoms with Crippen molar-refractivity contribution in [3.8, 4) is 0 Å². The van der Waals surface area contributed by atoms with E-state index in [4.69, 9.17) is 4.74 Å². The van der Waals surface area contributed by atoms with Gasteiger partial charge in [0.25, 0.3) is 23.6 Å². The van der Waals surface area contributed by atoms with Crippen molar-refractivity contribution >= 4 is 23.6 Å². The Morgan fingerprint density at radius 2 is 0.627 bits per heavy atom. The normalized spacial score (nSPS) is 18.3. The fourth-order valence-electron chi connectivity index (χ4n) is 17.5. The van der Waals surface area contributed by atoms with Gasteiger partial charge < -0.3 is 24.3 Å². The summed E-state index contributed by atoms with van der Waals surface area (Å²) in [4.78, 5) is 58.6. The third kappa shape index (κ3) is 17.4. The number of nitrogens with zero attached hydrogens (tertiary/aromatic N) is 10. The fraction of sp³-hybridized carbons (Fsp3) is 0.506. The van der Waals surface area contributed by atoms with Crippen LogP contribution in [0, 0.1) is 0 Å². The van der Waals surface area contributed by atoms with Crippen LogP contribution in [0.25, 0.3) is 0 Å². The minimum absolute atomic E-state index is 0.0821. The van der Waals surface area contributed by atoms with Crippen LogP contribution in [0.3, 0.4) is 0 Å². The molecule has 3 aliphatic carbocycles. The third-order valence-corrected chi connectivity index (χ3v) is 23.2.